The molecule has 1 aliphatic rings. The molecule has 0 bridgehead atoms. The highest BCUT2D eigenvalue weighted by atomic mass is 19.1. The summed E-state index contributed by atoms with van der Waals surface area (Å²) in [5, 5.41) is 3.52. The first-order valence-electron chi connectivity index (χ1n) is 7.99. The number of hydrogen-bond donors (Lipinski definition) is 1. The largest absolute Gasteiger partial charge is 0.492 e. The molecule has 2 rings (SSSR count). The lowest BCUT2D eigenvalue weighted by Crippen LogP contribution is -2.40. The number of piperidine rings is 1. The van der Waals surface area contributed by atoms with Crippen LogP contribution in [0.15, 0.2) is 18.2 Å². The third kappa shape index (κ3) is 4.88. The summed E-state index contributed by atoms with van der Waals surface area (Å²) in [6.07, 6.45) is 2.24. The van der Waals surface area contributed by atoms with E-state index in [-0.39, 0.29) is 5.82 Å². The van der Waals surface area contributed by atoms with Crippen molar-refractivity contribution in [3.05, 3.63) is 24.0 Å². The standard InChI is InChI=1S/C17H27FN2O/c1-4-21-17-11-14(18)5-6-16(17)19-15-7-9-20(10-8-15)12-13(2)3/h5-6,11,13,15,19H,4,7-10,12H2,1-3H3. The van der Waals surface area contributed by atoms with E-state index in [1.165, 1.54) is 18.7 Å². The first-order chi connectivity index (χ1) is 10.1. The maximum atomic E-state index is 13.3. The van der Waals surface area contributed by atoms with Gasteiger partial charge in [-0.05, 0) is 37.8 Å². The number of rotatable bonds is 6. The Balaban J connectivity index is 1.91. The summed E-state index contributed by atoms with van der Waals surface area (Å²) in [6.45, 7) is 10.4. The first-order valence-corrected chi connectivity index (χ1v) is 7.99. The number of ether oxygens (including phenoxy) is 1. The van der Waals surface area contributed by atoms with Crippen LogP contribution >= 0.6 is 0 Å². The molecule has 0 aromatic heterocycles. The summed E-state index contributed by atoms with van der Waals surface area (Å²) in [5.41, 5.74) is 0.903. The Morgan fingerprint density at radius 1 is 1.33 bits per heavy atom. The van der Waals surface area contributed by atoms with E-state index in [0.717, 1.165) is 37.5 Å². The van der Waals surface area contributed by atoms with E-state index in [2.05, 4.69) is 24.1 Å². The lowest BCUT2D eigenvalue weighted by Gasteiger charge is -2.34. The summed E-state index contributed by atoms with van der Waals surface area (Å²) in [5.74, 6) is 1.08. The maximum Gasteiger partial charge on any atom is 0.145 e. The Kier molecular flexibility index (Phi) is 5.85. The van der Waals surface area contributed by atoms with Crippen molar-refractivity contribution < 1.29 is 9.13 Å². The lowest BCUT2D eigenvalue weighted by molar-refractivity contribution is 0.197. The highest BCUT2D eigenvalue weighted by Gasteiger charge is 2.20. The zero-order valence-corrected chi connectivity index (χ0v) is 13.4. The number of likely N-dealkylation sites (tertiary alicyclic amines) is 1. The topological polar surface area (TPSA) is 24.5 Å². The van der Waals surface area contributed by atoms with E-state index < -0.39 is 0 Å². The molecule has 0 atom stereocenters. The van der Waals surface area contributed by atoms with Gasteiger partial charge in [0.05, 0.1) is 12.3 Å². The van der Waals surface area contributed by atoms with E-state index in [4.69, 9.17) is 4.74 Å². The minimum Gasteiger partial charge on any atom is -0.492 e. The van der Waals surface area contributed by atoms with Crippen LogP contribution in [-0.4, -0.2) is 37.2 Å². The molecule has 1 aromatic carbocycles. The molecule has 1 heterocycles. The monoisotopic (exact) mass is 294 g/mol. The smallest absolute Gasteiger partial charge is 0.145 e. The van der Waals surface area contributed by atoms with E-state index in [9.17, 15) is 4.39 Å². The molecule has 1 aromatic rings. The molecule has 0 unspecified atom stereocenters. The number of anilines is 1. The average Bonchev–Trinajstić information content (AvgIpc) is 2.43. The van der Waals surface area contributed by atoms with Gasteiger partial charge in [-0.2, -0.15) is 0 Å². The fraction of sp³-hybridized carbons (Fsp3) is 0.647. The van der Waals surface area contributed by atoms with E-state index >= 15 is 0 Å². The summed E-state index contributed by atoms with van der Waals surface area (Å²) >= 11 is 0. The second-order valence-corrected chi connectivity index (χ2v) is 6.19. The van der Waals surface area contributed by atoms with E-state index in [1.54, 1.807) is 6.07 Å². The Morgan fingerprint density at radius 2 is 2.05 bits per heavy atom. The zero-order chi connectivity index (χ0) is 15.2. The van der Waals surface area contributed by atoms with Crippen molar-refractivity contribution in [1.82, 2.24) is 4.90 Å². The summed E-state index contributed by atoms with van der Waals surface area (Å²) in [7, 11) is 0. The fourth-order valence-corrected chi connectivity index (χ4v) is 2.89. The molecular weight excluding hydrogens is 267 g/mol. The molecule has 0 amide bonds. The van der Waals surface area contributed by atoms with Gasteiger partial charge in [0.1, 0.15) is 11.6 Å². The molecule has 118 valence electrons. The van der Waals surface area contributed by atoms with Gasteiger partial charge in [-0.15, -0.1) is 0 Å². The van der Waals surface area contributed by atoms with Crippen molar-refractivity contribution in [3.63, 3.8) is 0 Å². The third-order valence-electron chi connectivity index (χ3n) is 3.81. The van der Waals surface area contributed by atoms with Gasteiger partial charge in [-0.3, -0.25) is 0 Å². The Bertz CT molecular complexity index is 442. The predicted molar refractivity (Wildman–Crippen MR) is 85.5 cm³/mol. The minimum atomic E-state index is -0.254. The molecule has 0 radical (unpaired) electrons. The van der Waals surface area contributed by atoms with Gasteiger partial charge < -0.3 is 15.0 Å². The van der Waals surface area contributed by atoms with Gasteiger partial charge in [0.2, 0.25) is 0 Å². The highest BCUT2D eigenvalue weighted by molar-refractivity contribution is 5.57. The molecule has 1 aliphatic heterocycles. The molecular formula is C17H27FN2O. The average molecular weight is 294 g/mol. The van der Waals surface area contributed by atoms with Crippen LogP contribution in [0, 0.1) is 11.7 Å². The molecule has 0 spiro atoms. The van der Waals surface area contributed by atoms with Crippen molar-refractivity contribution in [2.45, 2.75) is 39.7 Å². The van der Waals surface area contributed by atoms with Crippen LogP contribution in [0.5, 0.6) is 5.75 Å². The molecule has 0 saturated carbocycles. The van der Waals surface area contributed by atoms with Crippen molar-refractivity contribution in [1.29, 1.82) is 0 Å². The number of nitrogens with one attached hydrogen (secondary N) is 1. The molecule has 1 N–H and O–H groups in total. The van der Waals surface area contributed by atoms with Crippen LogP contribution in [0.2, 0.25) is 0 Å². The van der Waals surface area contributed by atoms with Crippen molar-refractivity contribution in [2.24, 2.45) is 5.92 Å². The molecule has 0 aliphatic carbocycles. The minimum absolute atomic E-state index is 0.254. The van der Waals surface area contributed by atoms with Crippen LogP contribution in [0.25, 0.3) is 0 Å². The van der Waals surface area contributed by atoms with Gasteiger partial charge in [-0.25, -0.2) is 4.39 Å². The van der Waals surface area contributed by atoms with Gasteiger partial charge >= 0.3 is 0 Å². The zero-order valence-electron chi connectivity index (χ0n) is 13.4. The molecule has 3 nitrogen and oxygen atoms in total. The van der Waals surface area contributed by atoms with Gasteiger partial charge in [-0.1, -0.05) is 13.8 Å². The predicted octanol–water partition coefficient (Wildman–Crippen LogP) is 3.76. The quantitative estimate of drug-likeness (QED) is 0.864. The summed E-state index contributed by atoms with van der Waals surface area (Å²) in [6, 6.07) is 5.16. The first kappa shape index (κ1) is 16.1. The Morgan fingerprint density at radius 3 is 2.67 bits per heavy atom. The molecule has 21 heavy (non-hydrogen) atoms. The number of benzene rings is 1. The summed E-state index contributed by atoms with van der Waals surface area (Å²) in [4.78, 5) is 2.52. The highest BCUT2D eigenvalue weighted by Crippen LogP contribution is 2.28. The molecule has 1 fully saturated rings. The van der Waals surface area contributed by atoms with Crippen molar-refractivity contribution in [2.75, 3.05) is 31.6 Å². The van der Waals surface area contributed by atoms with Crippen molar-refractivity contribution in [3.8, 4) is 5.75 Å². The van der Waals surface area contributed by atoms with E-state index in [1.807, 2.05) is 6.92 Å². The SMILES string of the molecule is CCOc1cc(F)ccc1NC1CCN(CC(C)C)CC1. The lowest BCUT2D eigenvalue weighted by atomic mass is 10.0. The number of hydrogen-bond acceptors (Lipinski definition) is 3. The maximum absolute atomic E-state index is 13.3. The Hall–Kier alpha value is -1.29. The van der Waals surface area contributed by atoms with Crippen LogP contribution in [0.3, 0.4) is 0 Å². The third-order valence-corrected chi connectivity index (χ3v) is 3.81. The number of halogens is 1. The van der Waals surface area contributed by atoms with Crippen LogP contribution < -0.4 is 10.1 Å². The molecule has 1 saturated heterocycles. The summed E-state index contributed by atoms with van der Waals surface area (Å²) < 4.78 is 18.8. The van der Waals surface area contributed by atoms with E-state index in [0.29, 0.717) is 18.4 Å². The second kappa shape index (κ2) is 7.64. The normalized spacial score (nSPS) is 17.2. The Labute approximate surface area is 127 Å². The van der Waals surface area contributed by atoms with Crippen LogP contribution in [0.1, 0.15) is 33.6 Å². The number of nitrogens with zero attached hydrogens (tertiary/aromatic N) is 1. The van der Waals surface area contributed by atoms with Crippen LogP contribution in [-0.2, 0) is 0 Å². The van der Waals surface area contributed by atoms with Gasteiger partial charge in [0.25, 0.3) is 0 Å². The van der Waals surface area contributed by atoms with Crippen LogP contribution in [0.4, 0.5) is 10.1 Å². The van der Waals surface area contributed by atoms with Crippen molar-refractivity contribution >= 4 is 5.69 Å². The molecule has 4 heteroatoms. The van der Waals surface area contributed by atoms with Gasteiger partial charge in [0.15, 0.2) is 0 Å². The fourth-order valence-electron chi connectivity index (χ4n) is 2.89. The van der Waals surface area contributed by atoms with Gasteiger partial charge in [0, 0.05) is 31.7 Å². The second-order valence-electron chi connectivity index (χ2n) is 6.19.